The predicted octanol–water partition coefficient (Wildman–Crippen LogP) is 11.6. The molecule has 0 saturated heterocycles. The molecule has 0 bridgehead atoms. The number of aromatic nitrogens is 5. The molecule has 3 aromatic heterocycles. The summed E-state index contributed by atoms with van der Waals surface area (Å²) in [4.78, 5) is 25.1. The molecule has 242 valence electrons. The Morgan fingerprint density at radius 1 is 0.288 bits per heavy atom. The average Bonchev–Trinajstić information content (AvgIpc) is 3.22. The van der Waals surface area contributed by atoms with Crippen LogP contribution in [0.3, 0.4) is 0 Å². The maximum atomic E-state index is 5.28. The van der Waals surface area contributed by atoms with Gasteiger partial charge < -0.3 is 0 Å². The van der Waals surface area contributed by atoms with Crippen LogP contribution in [0.4, 0.5) is 0 Å². The molecule has 7 aromatic carbocycles. The average molecular weight is 664 g/mol. The molecule has 10 aromatic rings. The summed E-state index contributed by atoms with van der Waals surface area (Å²) >= 11 is 0. The molecule has 52 heavy (non-hydrogen) atoms. The van der Waals surface area contributed by atoms with Crippen LogP contribution >= 0.6 is 0 Å². The van der Waals surface area contributed by atoms with Gasteiger partial charge in [0, 0.05) is 39.9 Å². The topological polar surface area (TPSA) is 64.5 Å². The lowest BCUT2D eigenvalue weighted by Crippen LogP contribution is -2.01. The smallest absolute Gasteiger partial charge is 0.164 e. The first kappa shape index (κ1) is 29.8. The van der Waals surface area contributed by atoms with Gasteiger partial charge in [-0.1, -0.05) is 121 Å². The first-order valence-electron chi connectivity index (χ1n) is 17.3. The second-order valence-corrected chi connectivity index (χ2v) is 12.9. The summed E-state index contributed by atoms with van der Waals surface area (Å²) in [6.45, 7) is 0. The maximum Gasteiger partial charge on any atom is 0.164 e. The Bertz CT molecular complexity index is 2570. The van der Waals surface area contributed by atoms with Crippen LogP contribution < -0.4 is 0 Å². The highest BCUT2D eigenvalue weighted by Crippen LogP contribution is 2.38. The molecule has 5 nitrogen and oxygen atoms in total. The van der Waals surface area contributed by atoms with Crippen molar-refractivity contribution >= 4 is 43.4 Å². The molecule has 0 unspecified atom stereocenters. The summed E-state index contributed by atoms with van der Waals surface area (Å²) in [5.41, 5.74) is 8.96. The van der Waals surface area contributed by atoms with E-state index >= 15 is 0 Å². The van der Waals surface area contributed by atoms with Gasteiger partial charge in [0.15, 0.2) is 17.5 Å². The van der Waals surface area contributed by atoms with Gasteiger partial charge in [-0.3, -0.25) is 9.97 Å². The molecule has 0 spiro atoms. The Balaban J connectivity index is 1.28. The van der Waals surface area contributed by atoms with Gasteiger partial charge in [-0.25, -0.2) is 15.0 Å². The molecular formula is C47H29N5. The lowest BCUT2D eigenvalue weighted by atomic mass is 9.93. The number of fused-ring (bicyclic) bond motifs is 4. The number of benzene rings is 7. The summed E-state index contributed by atoms with van der Waals surface area (Å²) < 4.78 is 0. The van der Waals surface area contributed by atoms with Crippen molar-refractivity contribution in [3.63, 3.8) is 0 Å². The van der Waals surface area contributed by atoms with E-state index in [1.165, 1.54) is 0 Å². The third kappa shape index (κ3) is 5.15. The Morgan fingerprint density at radius 2 is 0.692 bits per heavy atom. The minimum Gasteiger partial charge on any atom is -0.256 e. The minimum atomic E-state index is 0.598. The van der Waals surface area contributed by atoms with Gasteiger partial charge in [0.1, 0.15) is 0 Å². The SMILES string of the molecule is c1ccc2c(-c3nc(-c4cc(-c5ccnc6ccccc56)cc(-c5ccnc6ccccc56)c4)nc(-c4cccc5ccccc45)n3)cccc2c1. The fourth-order valence-electron chi connectivity index (χ4n) is 7.35. The van der Waals surface area contributed by atoms with Crippen LogP contribution in [0.1, 0.15) is 0 Å². The van der Waals surface area contributed by atoms with Crippen LogP contribution in [0.5, 0.6) is 0 Å². The predicted molar refractivity (Wildman–Crippen MR) is 213 cm³/mol. The largest absolute Gasteiger partial charge is 0.256 e. The Labute approximate surface area is 300 Å². The Hall–Kier alpha value is -7.11. The maximum absolute atomic E-state index is 5.28. The number of rotatable bonds is 5. The minimum absolute atomic E-state index is 0.598. The van der Waals surface area contributed by atoms with Gasteiger partial charge in [0.25, 0.3) is 0 Å². The molecule has 0 aliphatic carbocycles. The van der Waals surface area contributed by atoms with Crippen LogP contribution in [0.15, 0.2) is 176 Å². The lowest BCUT2D eigenvalue weighted by Gasteiger charge is -2.15. The van der Waals surface area contributed by atoms with Gasteiger partial charge in [-0.2, -0.15) is 0 Å². The van der Waals surface area contributed by atoms with Crippen molar-refractivity contribution in [1.29, 1.82) is 0 Å². The van der Waals surface area contributed by atoms with E-state index in [0.29, 0.717) is 17.5 Å². The lowest BCUT2D eigenvalue weighted by molar-refractivity contribution is 1.08. The highest BCUT2D eigenvalue weighted by atomic mass is 15.0. The summed E-state index contributed by atoms with van der Waals surface area (Å²) in [5.74, 6) is 1.85. The van der Waals surface area contributed by atoms with Gasteiger partial charge in [0.05, 0.1) is 11.0 Å². The molecule has 0 aliphatic rings. The van der Waals surface area contributed by atoms with Crippen molar-refractivity contribution in [2.75, 3.05) is 0 Å². The van der Waals surface area contributed by atoms with Crippen molar-refractivity contribution in [1.82, 2.24) is 24.9 Å². The molecule has 0 N–H and O–H groups in total. The number of pyridine rings is 2. The second kappa shape index (κ2) is 12.3. The van der Waals surface area contributed by atoms with E-state index in [1.54, 1.807) is 0 Å². The molecular weight excluding hydrogens is 635 g/mol. The summed E-state index contributed by atoms with van der Waals surface area (Å²) in [5, 5.41) is 6.60. The fourth-order valence-corrected chi connectivity index (χ4v) is 7.35. The van der Waals surface area contributed by atoms with E-state index in [-0.39, 0.29) is 0 Å². The van der Waals surface area contributed by atoms with E-state index in [4.69, 9.17) is 15.0 Å². The Kier molecular flexibility index (Phi) is 7.07. The van der Waals surface area contributed by atoms with Crippen LogP contribution in [0, 0.1) is 0 Å². The number of nitrogens with zero attached hydrogens (tertiary/aromatic N) is 5. The normalized spacial score (nSPS) is 11.5. The highest BCUT2D eigenvalue weighted by Gasteiger charge is 2.18. The van der Waals surface area contributed by atoms with Crippen molar-refractivity contribution in [3.05, 3.63) is 176 Å². The fraction of sp³-hybridized carbons (Fsp3) is 0. The highest BCUT2D eigenvalue weighted by molar-refractivity contribution is 6.00. The molecule has 0 amide bonds. The molecule has 0 radical (unpaired) electrons. The van der Waals surface area contributed by atoms with Gasteiger partial charge in [-0.15, -0.1) is 0 Å². The number of hydrogen-bond acceptors (Lipinski definition) is 5. The van der Waals surface area contributed by atoms with Crippen LogP contribution in [-0.4, -0.2) is 24.9 Å². The number of hydrogen-bond donors (Lipinski definition) is 0. The molecule has 0 atom stereocenters. The van der Waals surface area contributed by atoms with Crippen LogP contribution in [0.25, 0.3) is 99.8 Å². The van der Waals surface area contributed by atoms with Crippen molar-refractivity contribution < 1.29 is 0 Å². The van der Waals surface area contributed by atoms with Crippen molar-refractivity contribution in [2.24, 2.45) is 0 Å². The van der Waals surface area contributed by atoms with Gasteiger partial charge >= 0.3 is 0 Å². The van der Waals surface area contributed by atoms with Gasteiger partial charge in [-0.05, 0) is 86.3 Å². The van der Waals surface area contributed by atoms with Gasteiger partial charge in [0.2, 0.25) is 0 Å². The van der Waals surface area contributed by atoms with E-state index in [0.717, 1.165) is 82.3 Å². The molecule has 0 fully saturated rings. The zero-order chi connectivity index (χ0) is 34.4. The first-order valence-corrected chi connectivity index (χ1v) is 17.3. The standard InChI is InChI=1S/C47H29N5/c1-3-15-35-30(11-1)13-9-19-41(35)46-50-45(51-47(52-46)42-20-10-14-31-12-2-4-16-36(31)42)34-28-32(37-23-25-48-43-21-7-5-17-39(37)43)27-33(29-34)38-24-26-49-44-22-8-6-18-40(38)44/h1-29H. The molecule has 0 aliphatic heterocycles. The van der Waals surface area contributed by atoms with E-state index in [2.05, 4.69) is 162 Å². The zero-order valence-corrected chi connectivity index (χ0v) is 28.0. The van der Waals surface area contributed by atoms with Crippen molar-refractivity contribution in [3.8, 4) is 56.4 Å². The second-order valence-electron chi connectivity index (χ2n) is 12.9. The van der Waals surface area contributed by atoms with E-state index < -0.39 is 0 Å². The summed E-state index contributed by atoms with van der Waals surface area (Å²) in [6, 6.07) is 56.7. The van der Waals surface area contributed by atoms with E-state index in [9.17, 15) is 0 Å². The number of para-hydroxylation sites is 2. The van der Waals surface area contributed by atoms with Crippen LogP contribution in [0.2, 0.25) is 0 Å². The molecule has 5 heteroatoms. The van der Waals surface area contributed by atoms with Crippen LogP contribution in [-0.2, 0) is 0 Å². The third-order valence-corrected chi connectivity index (χ3v) is 9.81. The van der Waals surface area contributed by atoms with E-state index in [1.807, 2.05) is 24.5 Å². The summed E-state index contributed by atoms with van der Waals surface area (Å²) in [6.07, 6.45) is 3.76. The van der Waals surface area contributed by atoms with Crippen molar-refractivity contribution in [2.45, 2.75) is 0 Å². The molecule has 10 rings (SSSR count). The zero-order valence-electron chi connectivity index (χ0n) is 28.0. The summed E-state index contributed by atoms with van der Waals surface area (Å²) in [7, 11) is 0. The Morgan fingerprint density at radius 3 is 1.21 bits per heavy atom. The molecule has 3 heterocycles. The molecule has 0 saturated carbocycles. The first-order chi connectivity index (χ1) is 25.8. The third-order valence-electron chi connectivity index (χ3n) is 9.81. The quantitative estimate of drug-likeness (QED) is 0.183. The monoisotopic (exact) mass is 663 g/mol.